The van der Waals surface area contributed by atoms with Crippen molar-refractivity contribution in [3.63, 3.8) is 0 Å². The Hall–Kier alpha value is -1.33. The van der Waals surface area contributed by atoms with Crippen molar-refractivity contribution >= 4 is 16.8 Å². The van der Waals surface area contributed by atoms with Crippen LogP contribution >= 0.6 is 11.6 Å². The van der Waals surface area contributed by atoms with Gasteiger partial charge in [-0.3, -0.25) is 4.79 Å². The number of benzene rings is 1. The van der Waals surface area contributed by atoms with Crippen LogP contribution in [0.3, 0.4) is 0 Å². The van der Waals surface area contributed by atoms with Gasteiger partial charge in [0.2, 0.25) is 5.24 Å². The minimum absolute atomic E-state index is 0.131. The molecule has 66 valence electrons. The summed E-state index contributed by atoms with van der Waals surface area (Å²) in [4.78, 5) is 10.9. The van der Waals surface area contributed by atoms with E-state index in [1.165, 1.54) is 0 Å². The molecule has 0 N–H and O–H groups in total. The zero-order valence-electron chi connectivity index (χ0n) is 6.90. The van der Waals surface area contributed by atoms with Crippen LogP contribution < -0.4 is 0 Å². The second-order valence-corrected chi connectivity index (χ2v) is 3.00. The molecular formula is C10H8ClNO. The molecule has 0 radical (unpaired) electrons. The van der Waals surface area contributed by atoms with Crippen LogP contribution in [0, 0.1) is 11.3 Å². The van der Waals surface area contributed by atoms with E-state index in [0.717, 1.165) is 5.56 Å². The molecule has 0 amide bonds. The largest absolute Gasteiger partial charge is 0.281 e. The van der Waals surface area contributed by atoms with Crippen molar-refractivity contribution in [3.05, 3.63) is 35.9 Å². The Morgan fingerprint density at radius 3 is 2.54 bits per heavy atom. The van der Waals surface area contributed by atoms with Gasteiger partial charge in [0.25, 0.3) is 0 Å². The first-order valence-electron chi connectivity index (χ1n) is 3.87. The summed E-state index contributed by atoms with van der Waals surface area (Å²) in [6.45, 7) is 0. The topological polar surface area (TPSA) is 40.9 Å². The molecule has 1 atom stereocenters. The van der Waals surface area contributed by atoms with E-state index >= 15 is 0 Å². The van der Waals surface area contributed by atoms with Crippen LogP contribution in [0.5, 0.6) is 0 Å². The number of nitriles is 1. The lowest BCUT2D eigenvalue weighted by Crippen LogP contribution is -2.05. The third kappa shape index (κ3) is 2.57. The maximum absolute atomic E-state index is 10.9. The monoisotopic (exact) mass is 193 g/mol. The Bertz CT molecular complexity index is 329. The molecule has 0 fully saturated rings. The molecular weight excluding hydrogens is 186 g/mol. The first kappa shape index (κ1) is 9.76. The molecule has 1 unspecified atom stereocenters. The molecule has 13 heavy (non-hydrogen) atoms. The number of halogens is 1. The Morgan fingerprint density at radius 1 is 1.46 bits per heavy atom. The summed E-state index contributed by atoms with van der Waals surface area (Å²) in [5.41, 5.74) is 0.795. The summed E-state index contributed by atoms with van der Waals surface area (Å²) in [6.07, 6.45) is 0.131. The van der Waals surface area contributed by atoms with Gasteiger partial charge in [-0.05, 0) is 17.2 Å². The molecule has 0 saturated heterocycles. The van der Waals surface area contributed by atoms with Gasteiger partial charge in [-0.15, -0.1) is 0 Å². The summed E-state index contributed by atoms with van der Waals surface area (Å²) < 4.78 is 0. The summed E-state index contributed by atoms with van der Waals surface area (Å²) in [6, 6.07) is 11.0. The minimum Gasteiger partial charge on any atom is -0.281 e. The fourth-order valence-electron chi connectivity index (χ4n) is 1.11. The Labute approximate surface area is 81.7 Å². The van der Waals surface area contributed by atoms with Crippen molar-refractivity contribution in [3.8, 4) is 6.07 Å². The highest BCUT2D eigenvalue weighted by atomic mass is 35.5. The Balaban J connectivity index is 2.90. The van der Waals surface area contributed by atoms with Crippen molar-refractivity contribution < 1.29 is 4.79 Å². The molecule has 0 aliphatic carbocycles. The quantitative estimate of drug-likeness (QED) is 0.692. The molecule has 0 saturated carbocycles. The molecule has 1 rings (SSSR count). The van der Waals surface area contributed by atoms with E-state index in [2.05, 4.69) is 0 Å². The van der Waals surface area contributed by atoms with Gasteiger partial charge in [0.05, 0.1) is 18.4 Å². The molecule has 3 heteroatoms. The van der Waals surface area contributed by atoms with Crippen LogP contribution in [0.15, 0.2) is 30.3 Å². The van der Waals surface area contributed by atoms with Gasteiger partial charge in [0, 0.05) is 0 Å². The average molecular weight is 194 g/mol. The van der Waals surface area contributed by atoms with Gasteiger partial charge in [-0.1, -0.05) is 30.3 Å². The molecule has 0 bridgehead atoms. The van der Waals surface area contributed by atoms with Crippen molar-refractivity contribution in [2.24, 2.45) is 0 Å². The van der Waals surface area contributed by atoms with Crippen molar-refractivity contribution in [2.75, 3.05) is 0 Å². The highest BCUT2D eigenvalue weighted by molar-refractivity contribution is 6.64. The molecule has 2 nitrogen and oxygen atoms in total. The van der Waals surface area contributed by atoms with Gasteiger partial charge in [0.15, 0.2) is 0 Å². The van der Waals surface area contributed by atoms with Crippen LogP contribution in [-0.4, -0.2) is 5.24 Å². The maximum atomic E-state index is 10.9. The zero-order chi connectivity index (χ0) is 9.68. The number of rotatable bonds is 3. The predicted molar refractivity (Wildman–Crippen MR) is 50.3 cm³/mol. The fraction of sp³-hybridized carbons (Fsp3) is 0.200. The molecule has 0 aromatic heterocycles. The van der Waals surface area contributed by atoms with E-state index in [1.54, 1.807) is 12.1 Å². The predicted octanol–water partition coefficient (Wildman–Crippen LogP) is 2.45. The lowest BCUT2D eigenvalue weighted by atomic mass is 9.98. The van der Waals surface area contributed by atoms with Crippen molar-refractivity contribution in [2.45, 2.75) is 12.3 Å². The second-order valence-electron chi connectivity index (χ2n) is 2.63. The number of carbonyl (C=O) groups excluding carboxylic acids is 1. The Kier molecular flexibility index (Phi) is 3.48. The van der Waals surface area contributed by atoms with E-state index in [-0.39, 0.29) is 6.42 Å². The lowest BCUT2D eigenvalue weighted by Gasteiger charge is -2.07. The standard InChI is InChI=1S/C10H8ClNO/c11-10(13)9(6-7-12)8-4-2-1-3-5-8/h1-5,9H,6H2. The number of hydrogen-bond acceptors (Lipinski definition) is 2. The third-order valence-electron chi connectivity index (χ3n) is 1.77. The highest BCUT2D eigenvalue weighted by Crippen LogP contribution is 2.21. The average Bonchev–Trinajstić information content (AvgIpc) is 2.15. The Morgan fingerprint density at radius 2 is 2.08 bits per heavy atom. The number of nitrogens with zero attached hydrogens (tertiary/aromatic N) is 1. The van der Waals surface area contributed by atoms with Gasteiger partial charge < -0.3 is 0 Å². The van der Waals surface area contributed by atoms with Crippen LogP contribution in [0.2, 0.25) is 0 Å². The minimum atomic E-state index is -0.493. The van der Waals surface area contributed by atoms with Crippen LogP contribution in [0.25, 0.3) is 0 Å². The molecule has 1 aromatic carbocycles. The summed E-state index contributed by atoms with van der Waals surface area (Å²) in [5.74, 6) is -0.493. The number of hydrogen-bond donors (Lipinski definition) is 0. The van der Waals surface area contributed by atoms with Crippen LogP contribution in [0.1, 0.15) is 17.9 Å². The van der Waals surface area contributed by atoms with Gasteiger partial charge in [-0.2, -0.15) is 5.26 Å². The first-order chi connectivity index (χ1) is 6.25. The molecule has 0 aliphatic rings. The molecule has 1 aromatic rings. The molecule has 0 heterocycles. The fourth-order valence-corrected chi connectivity index (χ4v) is 1.31. The summed E-state index contributed by atoms with van der Waals surface area (Å²) in [7, 11) is 0. The summed E-state index contributed by atoms with van der Waals surface area (Å²) in [5, 5.41) is 8.01. The van der Waals surface area contributed by atoms with Crippen molar-refractivity contribution in [1.29, 1.82) is 5.26 Å². The lowest BCUT2D eigenvalue weighted by molar-refractivity contribution is -0.112. The van der Waals surface area contributed by atoms with E-state index in [0.29, 0.717) is 0 Å². The van der Waals surface area contributed by atoms with Crippen molar-refractivity contribution in [1.82, 2.24) is 0 Å². The van der Waals surface area contributed by atoms with Crippen LogP contribution in [-0.2, 0) is 4.79 Å². The van der Waals surface area contributed by atoms with E-state index in [9.17, 15) is 4.79 Å². The van der Waals surface area contributed by atoms with Gasteiger partial charge >= 0.3 is 0 Å². The van der Waals surface area contributed by atoms with E-state index in [4.69, 9.17) is 16.9 Å². The summed E-state index contributed by atoms with van der Waals surface area (Å²) >= 11 is 5.37. The van der Waals surface area contributed by atoms with Crippen LogP contribution in [0.4, 0.5) is 0 Å². The highest BCUT2D eigenvalue weighted by Gasteiger charge is 2.17. The van der Waals surface area contributed by atoms with Gasteiger partial charge in [-0.25, -0.2) is 0 Å². The third-order valence-corrected chi connectivity index (χ3v) is 2.03. The molecule has 0 aliphatic heterocycles. The van der Waals surface area contributed by atoms with E-state index in [1.807, 2.05) is 24.3 Å². The normalized spacial score (nSPS) is 11.7. The van der Waals surface area contributed by atoms with Gasteiger partial charge in [0.1, 0.15) is 0 Å². The first-order valence-corrected chi connectivity index (χ1v) is 4.24. The van der Waals surface area contributed by atoms with E-state index < -0.39 is 11.2 Å². The molecule has 0 spiro atoms. The maximum Gasteiger partial charge on any atom is 0.230 e. The smallest absolute Gasteiger partial charge is 0.230 e. The second kappa shape index (κ2) is 4.64. The number of carbonyl (C=O) groups is 1. The zero-order valence-corrected chi connectivity index (χ0v) is 7.66. The SMILES string of the molecule is N#CCC(C(=O)Cl)c1ccccc1.